The first-order chi connectivity index (χ1) is 12.0. The molecule has 3 rings (SSSR count). The van der Waals surface area contributed by atoms with Gasteiger partial charge in [-0.05, 0) is 31.2 Å². The lowest BCUT2D eigenvalue weighted by molar-refractivity contribution is -0.123. The van der Waals surface area contributed by atoms with E-state index in [0.29, 0.717) is 16.1 Å². The van der Waals surface area contributed by atoms with Gasteiger partial charge < -0.3 is 15.0 Å². The standard InChI is InChI=1S/C18H14Cl2N2O3/c1-10(17(23)21-12-6-4-5-11(19)9-12)25-18(24)16-15(20)13-7-2-3-8-14(13)22-16/h2-10,22H,1H3,(H,21,23). The number of ether oxygens (including phenoxy) is 1. The molecule has 2 aromatic carbocycles. The van der Waals surface area contributed by atoms with Gasteiger partial charge in [0.05, 0.1) is 5.02 Å². The van der Waals surface area contributed by atoms with Gasteiger partial charge in [-0.2, -0.15) is 0 Å². The van der Waals surface area contributed by atoms with Crippen LogP contribution in [0.1, 0.15) is 17.4 Å². The summed E-state index contributed by atoms with van der Waals surface area (Å²) in [5.41, 5.74) is 1.35. The molecule has 0 spiro atoms. The number of halogens is 2. The zero-order chi connectivity index (χ0) is 18.0. The smallest absolute Gasteiger partial charge is 0.357 e. The Kier molecular flexibility index (Phi) is 4.97. The molecule has 0 saturated carbocycles. The van der Waals surface area contributed by atoms with E-state index >= 15 is 0 Å². The Balaban J connectivity index is 1.71. The molecule has 0 aliphatic rings. The highest BCUT2D eigenvalue weighted by Crippen LogP contribution is 2.28. The average Bonchev–Trinajstić information content (AvgIpc) is 2.92. The third-order valence-corrected chi connectivity index (χ3v) is 4.22. The molecule has 0 aliphatic heterocycles. The number of benzene rings is 2. The number of hydrogen-bond donors (Lipinski definition) is 2. The van der Waals surface area contributed by atoms with Gasteiger partial charge in [0.2, 0.25) is 0 Å². The number of esters is 1. The Morgan fingerprint density at radius 1 is 1.12 bits per heavy atom. The van der Waals surface area contributed by atoms with Gasteiger partial charge in [0.25, 0.3) is 5.91 Å². The van der Waals surface area contributed by atoms with E-state index in [0.717, 1.165) is 5.52 Å². The molecule has 1 atom stereocenters. The topological polar surface area (TPSA) is 71.2 Å². The van der Waals surface area contributed by atoms with Gasteiger partial charge in [-0.15, -0.1) is 0 Å². The lowest BCUT2D eigenvalue weighted by Crippen LogP contribution is -2.30. The second kappa shape index (κ2) is 7.17. The van der Waals surface area contributed by atoms with E-state index in [4.69, 9.17) is 27.9 Å². The van der Waals surface area contributed by atoms with E-state index in [9.17, 15) is 9.59 Å². The zero-order valence-corrected chi connectivity index (χ0v) is 14.7. The summed E-state index contributed by atoms with van der Waals surface area (Å²) in [4.78, 5) is 27.4. The molecule has 0 bridgehead atoms. The molecule has 1 unspecified atom stereocenters. The minimum absolute atomic E-state index is 0.116. The minimum Gasteiger partial charge on any atom is -0.448 e. The number of H-pyrrole nitrogens is 1. The fourth-order valence-corrected chi connectivity index (χ4v) is 2.81. The van der Waals surface area contributed by atoms with Crippen molar-refractivity contribution in [3.63, 3.8) is 0 Å². The van der Waals surface area contributed by atoms with Gasteiger partial charge >= 0.3 is 5.97 Å². The summed E-state index contributed by atoms with van der Waals surface area (Å²) in [5.74, 6) is -1.17. The first kappa shape index (κ1) is 17.3. The molecule has 25 heavy (non-hydrogen) atoms. The summed E-state index contributed by atoms with van der Waals surface area (Å²) in [6.45, 7) is 1.48. The van der Waals surface area contributed by atoms with Crippen LogP contribution in [0.2, 0.25) is 10.0 Å². The number of amides is 1. The number of aromatic amines is 1. The van der Waals surface area contributed by atoms with Crippen LogP contribution in [0.15, 0.2) is 48.5 Å². The van der Waals surface area contributed by atoms with E-state index in [2.05, 4.69) is 10.3 Å². The number of carbonyl (C=O) groups is 2. The van der Waals surface area contributed by atoms with Crippen LogP contribution < -0.4 is 5.32 Å². The summed E-state index contributed by atoms with van der Waals surface area (Å²) in [7, 11) is 0. The second-order valence-corrected chi connectivity index (χ2v) is 6.22. The molecular weight excluding hydrogens is 363 g/mol. The van der Waals surface area contributed by atoms with Crippen molar-refractivity contribution in [1.29, 1.82) is 0 Å². The van der Waals surface area contributed by atoms with Crippen molar-refractivity contribution >= 4 is 51.7 Å². The third kappa shape index (κ3) is 3.78. The van der Waals surface area contributed by atoms with E-state index < -0.39 is 18.0 Å². The number of para-hydroxylation sites is 1. The van der Waals surface area contributed by atoms with E-state index in [-0.39, 0.29) is 10.7 Å². The molecule has 3 aromatic rings. The number of rotatable bonds is 4. The summed E-state index contributed by atoms with van der Waals surface area (Å²) >= 11 is 12.1. The fourth-order valence-electron chi connectivity index (χ4n) is 2.33. The molecule has 1 amide bonds. The van der Waals surface area contributed by atoms with Crippen LogP contribution in [-0.2, 0) is 9.53 Å². The van der Waals surface area contributed by atoms with Gasteiger partial charge in [0.1, 0.15) is 5.69 Å². The minimum atomic E-state index is -1.01. The van der Waals surface area contributed by atoms with Crippen molar-refractivity contribution in [2.24, 2.45) is 0 Å². The van der Waals surface area contributed by atoms with E-state index in [1.165, 1.54) is 6.92 Å². The Morgan fingerprint density at radius 2 is 1.88 bits per heavy atom. The highest BCUT2D eigenvalue weighted by atomic mass is 35.5. The number of fused-ring (bicyclic) bond motifs is 1. The Labute approximate surface area is 153 Å². The van der Waals surface area contributed by atoms with E-state index in [1.807, 2.05) is 12.1 Å². The highest BCUT2D eigenvalue weighted by Gasteiger charge is 2.23. The molecule has 2 N–H and O–H groups in total. The largest absolute Gasteiger partial charge is 0.448 e. The second-order valence-electron chi connectivity index (χ2n) is 5.41. The first-order valence-electron chi connectivity index (χ1n) is 7.49. The van der Waals surface area contributed by atoms with Crippen molar-refractivity contribution in [2.75, 3.05) is 5.32 Å². The number of nitrogens with one attached hydrogen (secondary N) is 2. The maximum Gasteiger partial charge on any atom is 0.357 e. The first-order valence-corrected chi connectivity index (χ1v) is 8.25. The van der Waals surface area contributed by atoms with Crippen LogP contribution in [0.3, 0.4) is 0 Å². The summed E-state index contributed by atoms with van der Waals surface area (Å²) in [6.07, 6.45) is -1.01. The van der Waals surface area contributed by atoms with Gasteiger partial charge in [0, 0.05) is 21.6 Å². The molecule has 0 radical (unpaired) electrons. The van der Waals surface area contributed by atoms with Crippen LogP contribution in [0.25, 0.3) is 10.9 Å². The van der Waals surface area contributed by atoms with Gasteiger partial charge in [0.15, 0.2) is 6.10 Å². The van der Waals surface area contributed by atoms with Crippen LogP contribution in [0, 0.1) is 0 Å². The van der Waals surface area contributed by atoms with Crippen molar-refractivity contribution in [1.82, 2.24) is 4.98 Å². The SMILES string of the molecule is CC(OC(=O)c1[nH]c2ccccc2c1Cl)C(=O)Nc1cccc(Cl)c1. The molecular formula is C18H14Cl2N2O3. The number of anilines is 1. The quantitative estimate of drug-likeness (QED) is 0.650. The Hall–Kier alpha value is -2.50. The molecule has 0 fully saturated rings. The molecule has 1 aromatic heterocycles. The fraction of sp³-hybridized carbons (Fsp3) is 0.111. The van der Waals surface area contributed by atoms with Crippen molar-refractivity contribution in [2.45, 2.75) is 13.0 Å². The normalized spacial score (nSPS) is 12.0. The number of carbonyl (C=O) groups excluding carboxylic acids is 2. The summed E-state index contributed by atoms with van der Waals surface area (Å²) < 4.78 is 5.21. The number of aromatic nitrogens is 1. The van der Waals surface area contributed by atoms with Crippen LogP contribution >= 0.6 is 23.2 Å². The van der Waals surface area contributed by atoms with Crippen LogP contribution in [0.4, 0.5) is 5.69 Å². The predicted molar refractivity (Wildman–Crippen MR) is 98.3 cm³/mol. The summed E-state index contributed by atoms with van der Waals surface area (Å²) in [5, 5.41) is 4.11. The molecule has 5 nitrogen and oxygen atoms in total. The maximum absolute atomic E-state index is 12.3. The molecule has 0 saturated heterocycles. The lowest BCUT2D eigenvalue weighted by Gasteiger charge is -2.13. The maximum atomic E-state index is 12.3. The monoisotopic (exact) mass is 376 g/mol. The molecule has 1 heterocycles. The highest BCUT2D eigenvalue weighted by molar-refractivity contribution is 6.38. The zero-order valence-electron chi connectivity index (χ0n) is 13.2. The van der Waals surface area contributed by atoms with Crippen molar-refractivity contribution in [3.8, 4) is 0 Å². The molecule has 7 heteroatoms. The van der Waals surface area contributed by atoms with Crippen molar-refractivity contribution < 1.29 is 14.3 Å². The Morgan fingerprint density at radius 3 is 2.60 bits per heavy atom. The van der Waals surface area contributed by atoms with Gasteiger partial charge in [-0.3, -0.25) is 4.79 Å². The average molecular weight is 377 g/mol. The van der Waals surface area contributed by atoms with Crippen LogP contribution in [-0.4, -0.2) is 23.0 Å². The summed E-state index contributed by atoms with van der Waals surface area (Å²) in [6, 6.07) is 13.9. The van der Waals surface area contributed by atoms with Crippen molar-refractivity contribution in [3.05, 3.63) is 64.3 Å². The lowest BCUT2D eigenvalue weighted by atomic mass is 10.2. The van der Waals surface area contributed by atoms with E-state index in [1.54, 1.807) is 36.4 Å². The Bertz CT molecular complexity index is 952. The molecule has 0 aliphatic carbocycles. The molecule has 128 valence electrons. The predicted octanol–water partition coefficient (Wildman–Crippen LogP) is 4.66. The van der Waals surface area contributed by atoms with Gasteiger partial charge in [-0.1, -0.05) is 47.5 Å². The van der Waals surface area contributed by atoms with Crippen LogP contribution in [0.5, 0.6) is 0 Å². The number of hydrogen-bond acceptors (Lipinski definition) is 3. The van der Waals surface area contributed by atoms with Gasteiger partial charge in [-0.25, -0.2) is 4.79 Å². The third-order valence-electron chi connectivity index (χ3n) is 3.59.